The molecule has 3 nitrogen and oxygen atoms in total. The molecule has 0 saturated heterocycles. The fourth-order valence-electron chi connectivity index (χ4n) is 2.20. The number of nitrogens with zero attached hydrogens (tertiary/aromatic N) is 2. The minimum atomic E-state index is 0.112. The van der Waals surface area contributed by atoms with Gasteiger partial charge in [-0.15, -0.1) is 6.58 Å². The lowest BCUT2D eigenvalue weighted by atomic mass is 9.85. The highest BCUT2D eigenvalue weighted by Gasteiger charge is 2.27. The van der Waals surface area contributed by atoms with Gasteiger partial charge in [0.1, 0.15) is 0 Å². The van der Waals surface area contributed by atoms with Gasteiger partial charge in [0.2, 0.25) is 0 Å². The van der Waals surface area contributed by atoms with Gasteiger partial charge in [-0.1, -0.05) is 19.9 Å². The van der Waals surface area contributed by atoms with Crippen molar-refractivity contribution < 1.29 is 0 Å². The molecule has 1 unspecified atom stereocenters. The lowest BCUT2D eigenvalue weighted by Crippen LogP contribution is -2.33. The fourth-order valence-corrected chi connectivity index (χ4v) is 2.20. The maximum Gasteiger partial charge on any atom is 0.0624 e. The normalized spacial score (nSPS) is 18.6. The van der Waals surface area contributed by atoms with E-state index in [1.54, 1.807) is 0 Å². The van der Waals surface area contributed by atoms with Crippen LogP contribution in [-0.2, 0) is 19.9 Å². The molecule has 0 spiro atoms. The van der Waals surface area contributed by atoms with Crippen molar-refractivity contribution in [3.63, 3.8) is 0 Å². The summed E-state index contributed by atoms with van der Waals surface area (Å²) in [5.41, 5.74) is 2.59. The molecule has 1 heterocycles. The Morgan fingerprint density at radius 1 is 1.61 bits per heavy atom. The number of nitrogens with one attached hydrogen (secondary N) is 1. The minimum absolute atomic E-state index is 0.112. The zero-order valence-corrected chi connectivity index (χ0v) is 11.9. The molecular weight excluding hydrogens is 222 g/mol. The standard InChI is InChI=1S/C15H25N3/c1-5-12-9-14(18(4)17-12)10-15(3,6-2)11-16-13-7-8-13/h6,9,13,16H,2,5,7-8,10-11H2,1,3-4H3. The minimum Gasteiger partial charge on any atom is -0.313 e. The van der Waals surface area contributed by atoms with E-state index in [0.717, 1.165) is 25.4 Å². The molecule has 1 atom stereocenters. The van der Waals surface area contributed by atoms with Gasteiger partial charge in [0, 0.05) is 30.7 Å². The molecule has 1 fully saturated rings. The Morgan fingerprint density at radius 3 is 2.83 bits per heavy atom. The highest BCUT2D eigenvalue weighted by molar-refractivity contribution is 5.14. The Balaban J connectivity index is 2.02. The number of rotatable bonds is 7. The van der Waals surface area contributed by atoms with E-state index in [1.165, 1.54) is 24.2 Å². The first-order valence-corrected chi connectivity index (χ1v) is 6.95. The van der Waals surface area contributed by atoms with Crippen LogP contribution in [0.15, 0.2) is 18.7 Å². The SMILES string of the molecule is C=CC(C)(CNC1CC1)Cc1cc(CC)nn1C. The summed E-state index contributed by atoms with van der Waals surface area (Å²) in [5.74, 6) is 0. The third kappa shape index (κ3) is 3.22. The lowest BCUT2D eigenvalue weighted by Gasteiger charge is -2.26. The molecule has 1 saturated carbocycles. The van der Waals surface area contributed by atoms with Gasteiger partial charge in [-0.25, -0.2) is 0 Å². The molecule has 0 aliphatic heterocycles. The zero-order valence-electron chi connectivity index (χ0n) is 11.9. The van der Waals surface area contributed by atoms with Crippen LogP contribution in [0.2, 0.25) is 0 Å². The smallest absolute Gasteiger partial charge is 0.0624 e. The molecule has 1 aliphatic carbocycles. The van der Waals surface area contributed by atoms with Crippen LogP contribution in [-0.4, -0.2) is 22.4 Å². The van der Waals surface area contributed by atoms with E-state index in [1.807, 2.05) is 11.7 Å². The van der Waals surface area contributed by atoms with Crippen molar-refractivity contribution in [2.75, 3.05) is 6.54 Å². The van der Waals surface area contributed by atoms with Gasteiger partial charge in [0.05, 0.1) is 5.69 Å². The van der Waals surface area contributed by atoms with Crippen LogP contribution >= 0.6 is 0 Å². The average molecular weight is 247 g/mol. The highest BCUT2D eigenvalue weighted by Crippen LogP contribution is 2.26. The Hall–Kier alpha value is -1.09. The molecule has 0 amide bonds. The van der Waals surface area contributed by atoms with E-state index in [9.17, 15) is 0 Å². The summed E-state index contributed by atoms with van der Waals surface area (Å²) >= 11 is 0. The van der Waals surface area contributed by atoms with Gasteiger partial charge in [0.25, 0.3) is 0 Å². The first-order chi connectivity index (χ1) is 8.56. The van der Waals surface area contributed by atoms with Gasteiger partial charge < -0.3 is 5.32 Å². The summed E-state index contributed by atoms with van der Waals surface area (Å²) < 4.78 is 2.01. The van der Waals surface area contributed by atoms with Crippen LogP contribution < -0.4 is 5.32 Å². The van der Waals surface area contributed by atoms with Crippen LogP contribution in [0.1, 0.15) is 38.1 Å². The predicted molar refractivity (Wildman–Crippen MR) is 75.6 cm³/mol. The summed E-state index contributed by atoms with van der Waals surface area (Å²) in [5, 5.41) is 8.12. The van der Waals surface area contributed by atoms with Crippen molar-refractivity contribution in [1.29, 1.82) is 0 Å². The predicted octanol–water partition coefficient (Wildman–Crippen LogP) is 2.47. The molecule has 1 aromatic heterocycles. The monoisotopic (exact) mass is 247 g/mol. The van der Waals surface area contributed by atoms with Gasteiger partial charge >= 0.3 is 0 Å². The maximum atomic E-state index is 4.52. The topological polar surface area (TPSA) is 29.9 Å². The molecule has 1 N–H and O–H groups in total. The second kappa shape index (κ2) is 5.27. The van der Waals surface area contributed by atoms with Crippen molar-refractivity contribution in [1.82, 2.24) is 15.1 Å². The molecule has 3 heteroatoms. The van der Waals surface area contributed by atoms with Crippen LogP contribution in [0.4, 0.5) is 0 Å². The summed E-state index contributed by atoms with van der Waals surface area (Å²) in [6, 6.07) is 2.97. The molecule has 100 valence electrons. The Morgan fingerprint density at radius 2 is 2.33 bits per heavy atom. The van der Waals surface area contributed by atoms with Crippen LogP contribution in [0, 0.1) is 5.41 Å². The average Bonchev–Trinajstić information content (AvgIpc) is 3.13. The van der Waals surface area contributed by atoms with Crippen molar-refractivity contribution >= 4 is 0 Å². The molecular formula is C15H25N3. The summed E-state index contributed by atoms with van der Waals surface area (Å²) in [4.78, 5) is 0. The first kappa shape index (κ1) is 13.3. The quantitative estimate of drug-likeness (QED) is 0.750. The molecule has 1 aliphatic rings. The molecule has 0 bridgehead atoms. The van der Waals surface area contributed by atoms with Gasteiger partial charge in [-0.2, -0.15) is 5.10 Å². The summed E-state index contributed by atoms with van der Waals surface area (Å²) in [6.07, 6.45) is 6.75. The van der Waals surface area contributed by atoms with E-state index in [-0.39, 0.29) is 5.41 Å². The van der Waals surface area contributed by atoms with E-state index in [0.29, 0.717) is 0 Å². The summed E-state index contributed by atoms with van der Waals surface area (Å²) in [7, 11) is 2.03. The van der Waals surface area contributed by atoms with Crippen LogP contribution in [0.25, 0.3) is 0 Å². The van der Waals surface area contributed by atoms with Crippen molar-refractivity contribution in [2.45, 2.75) is 45.6 Å². The van der Waals surface area contributed by atoms with Crippen LogP contribution in [0.5, 0.6) is 0 Å². The Bertz CT molecular complexity index is 417. The number of hydrogen-bond acceptors (Lipinski definition) is 2. The van der Waals surface area contributed by atoms with E-state index in [4.69, 9.17) is 0 Å². The molecule has 2 rings (SSSR count). The first-order valence-electron chi connectivity index (χ1n) is 6.95. The Labute approximate surface area is 110 Å². The number of aromatic nitrogens is 2. The lowest BCUT2D eigenvalue weighted by molar-refractivity contribution is 0.379. The van der Waals surface area contributed by atoms with Crippen molar-refractivity contribution in [2.24, 2.45) is 12.5 Å². The van der Waals surface area contributed by atoms with Crippen molar-refractivity contribution in [3.05, 3.63) is 30.1 Å². The second-order valence-electron chi connectivity index (χ2n) is 5.79. The highest BCUT2D eigenvalue weighted by atomic mass is 15.3. The number of hydrogen-bond donors (Lipinski definition) is 1. The molecule has 0 aromatic carbocycles. The maximum absolute atomic E-state index is 4.52. The Kier molecular flexibility index (Phi) is 3.91. The third-order valence-electron chi connectivity index (χ3n) is 3.84. The summed E-state index contributed by atoms with van der Waals surface area (Å²) in [6.45, 7) is 9.44. The van der Waals surface area contributed by atoms with E-state index >= 15 is 0 Å². The zero-order chi connectivity index (χ0) is 13.2. The van der Waals surface area contributed by atoms with Crippen LogP contribution in [0.3, 0.4) is 0 Å². The van der Waals surface area contributed by atoms with Gasteiger partial charge in [-0.05, 0) is 31.7 Å². The van der Waals surface area contributed by atoms with Gasteiger partial charge in [0.15, 0.2) is 0 Å². The largest absolute Gasteiger partial charge is 0.313 e. The second-order valence-corrected chi connectivity index (χ2v) is 5.79. The van der Waals surface area contributed by atoms with E-state index < -0.39 is 0 Å². The van der Waals surface area contributed by atoms with Gasteiger partial charge in [-0.3, -0.25) is 4.68 Å². The molecule has 1 aromatic rings. The van der Waals surface area contributed by atoms with E-state index in [2.05, 4.69) is 43.0 Å². The third-order valence-corrected chi connectivity index (χ3v) is 3.84. The molecule has 18 heavy (non-hydrogen) atoms. The fraction of sp³-hybridized carbons (Fsp3) is 0.667. The number of aryl methyl sites for hydroxylation is 2. The van der Waals surface area contributed by atoms with Crippen molar-refractivity contribution in [3.8, 4) is 0 Å². The molecule has 0 radical (unpaired) electrons.